The van der Waals surface area contributed by atoms with E-state index in [1.54, 1.807) is 35.0 Å². The molecule has 0 fully saturated rings. The van der Waals surface area contributed by atoms with Crippen LogP contribution in [-0.2, 0) is 16.1 Å². The summed E-state index contributed by atoms with van der Waals surface area (Å²) >= 11 is 12.2. The van der Waals surface area contributed by atoms with Gasteiger partial charge in [-0.25, -0.2) is 0 Å². The van der Waals surface area contributed by atoms with Gasteiger partial charge in [0.25, 0.3) is 5.91 Å². The van der Waals surface area contributed by atoms with E-state index in [2.05, 4.69) is 5.32 Å². The summed E-state index contributed by atoms with van der Waals surface area (Å²) in [5.74, 6) is -0.430. The molecule has 1 N–H and O–H groups in total. The largest absolute Gasteiger partial charge is 0.357 e. The highest BCUT2D eigenvalue weighted by Crippen LogP contribution is 2.37. The molecule has 0 unspecified atom stereocenters. The van der Waals surface area contributed by atoms with E-state index in [1.807, 2.05) is 43.3 Å². The van der Waals surface area contributed by atoms with Crippen LogP contribution in [0.1, 0.15) is 42.1 Å². The lowest BCUT2D eigenvalue weighted by Crippen LogP contribution is -2.48. The van der Waals surface area contributed by atoms with E-state index in [9.17, 15) is 14.4 Å². The lowest BCUT2D eigenvalue weighted by Gasteiger charge is -2.30. The van der Waals surface area contributed by atoms with Crippen LogP contribution in [0.4, 0.5) is 5.69 Å². The molecule has 1 heterocycles. The summed E-state index contributed by atoms with van der Waals surface area (Å²) < 4.78 is 0. The molecule has 4 rings (SSSR count). The molecule has 1 aliphatic heterocycles. The predicted molar refractivity (Wildman–Crippen MR) is 140 cm³/mol. The summed E-state index contributed by atoms with van der Waals surface area (Å²) in [4.78, 5) is 42.3. The molecule has 3 aromatic rings. The van der Waals surface area contributed by atoms with Gasteiger partial charge in [-0.2, -0.15) is 0 Å². The molecule has 0 saturated carbocycles. The maximum atomic E-state index is 13.4. The summed E-state index contributed by atoms with van der Waals surface area (Å²) in [5.41, 5.74) is 2.35. The van der Waals surface area contributed by atoms with Gasteiger partial charge in [-0.05, 0) is 48.1 Å². The van der Waals surface area contributed by atoms with Crippen molar-refractivity contribution in [2.75, 3.05) is 18.5 Å². The maximum Gasteiger partial charge on any atom is 0.258 e. The highest BCUT2D eigenvalue weighted by Gasteiger charge is 2.31. The number of carbonyl (C=O) groups is 3. The van der Waals surface area contributed by atoms with Crippen LogP contribution in [0, 0.1) is 0 Å². The van der Waals surface area contributed by atoms with Crippen molar-refractivity contribution in [3.05, 3.63) is 75.8 Å². The third kappa shape index (κ3) is 5.00. The molecule has 182 valence electrons. The first kappa shape index (κ1) is 25.0. The SMILES string of the molecule is CC[C@@H](C(=O)NC)N(Cc1ccc(Cl)c(Cl)c1)C(=O)CCCN1C(=O)c2cccc3cccc1c23. The number of anilines is 1. The summed E-state index contributed by atoms with van der Waals surface area (Å²) in [5, 5.41) is 5.46. The molecule has 0 aliphatic carbocycles. The van der Waals surface area contributed by atoms with Crippen LogP contribution in [0.3, 0.4) is 0 Å². The lowest BCUT2D eigenvalue weighted by atomic mass is 10.1. The first-order valence-electron chi connectivity index (χ1n) is 11.6. The van der Waals surface area contributed by atoms with Gasteiger partial charge in [0, 0.05) is 37.5 Å². The van der Waals surface area contributed by atoms with E-state index in [4.69, 9.17) is 23.2 Å². The first-order valence-corrected chi connectivity index (χ1v) is 12.4. The van der Waals surface area contributed by atoms with Gasteiger partial charge in [0.1, 0.15) is 6.04 Å². The second-order valence-corrected chi connectivity index (χ2v) is 9.36. The van der Waals surface area contributed by atoms with Crippen molar-refractivity contribution in [1.29, 1.82) is 0 Å². The van der Waals surface area contributed by atoms with Crippen molar-refractivity contribution < 1.29 is 14.4 Å². The monoisotopic (exact) mass is 511 g/mol. The number of benzene rings is 3. The van der Waals surface area contributed by atoms with Crippen LogP contribution in [0.15, 0.2) is 54.6 Å². The Morgan fingerprint density at radius 1 is 1.06 bits per heavy atom. The Labute approximate surface area is 214 Å². The number of nitrogens with one attached hydrogen (secondary N) is 1. The van der Waals surface area contributed by atoms with Gasteiger partial charge in [0.2, 0.25) is 11.8 Å². The molecule has 35 heavy (non-hydrogen) atoms. The van der Waals surface area contributed by atoms with Gasteiger partial charge < -0.3 is 15.1 Å². The quantitative estimate of drug-likeness (QED) is 0.415. The van der Waals surface area contributed by atoms with E-state index < -0.39 is 6.04 Å². The van der Waals surface area contributed by atoms with Gasteiger partial charge in [0.05, 0.1) is 15.7 Å². The average molecular weight is 512 g/mol. The van der Waals surface area contributed by atoms with Gasteiger partial charge in [-0.3, -0.25) is 14.4 Å². The molecule has 1 aliphatic rings. The zero-order valence-electron chi connectivity index (χ0n) is 19.7. The van der Waals surface area contributed by atoms with Crippen LogP contribution in [0.5, 0.6) is 0 Å². The van der Waals surface area contributed by atoms with E-state index in [0.717, 1.165) is 22.0 Å². The highest BCUT2D eigenvalue weighted by atomic mass is 35.5. The Bertz CT molecular complexity index is 1290. The number of carbonyl (C=O) groups excluding carboxylic acids is 3. The Morgan fingerprint density at radius 2 is 1.80 bits per heavy atom. The lowest BCUT2D eigenvalue weighted by molar-refractivity contribution is -0.141. The van der Waals surface area contributed by atoms with Crippen LogP contribution < -0.4 is 10.2 Å². The van der Waals surface area contributed by atoms with Gasteiger partial charge in [-0.15, -0.1) is 0 Å². The summed E-state index contributed by atoms with van der Waals surface area (Å²) in [7, 11) is 1.56. The highest BCUT2D eigenvalue weighted by molar-refractivity contribution is 6.42. The van der Waals surface area contributed by atoms with Crippen LogP contribution >= 0.6 is 23.2 Å². The fourth-order valence-corrected chi connectivity index (χ4v) is 4.97. The third-order valence-corrected chi connectivity index (χ3v) is 7.13. The molecular weight excluding hydrogens is 485 g/mol. The normalized spacial score (nSPS) is 13.3. The minimum Gasteiger partial charge on any atom is -0.357 e. The maximum absolute atomic E-state index is 13.4. The topological polar surface area (TPSA) is 69.7 Å². The first-order chi connectivity index (χ1) is 16.8. The Hall–Kier alpha value is -3.09. The van der Waals surface area contributed by atoms with Crippen molar-refractivity contribution in [1.82, 2.24) is 10.2 Å². The fourth-order valence-electron chi connectivity index (χ4n) is 4.65. The van der Waals surface area contributed by atoms with E-state index in [0.29, 0.717) is 35.0 Å². The summed E-state index contributed by atoms with van der Waals surface area (Å²) in [6, 6.07) is 16.2. The van der Waals surface area contributed by atoms with Gasteiger partial charge in [-0.1, -0.05) is 60.5 Å². The zero-order valence-corrected chi connectivity index (χ0v) is 21.2. The second-order valence-electron chi connectivity index (χ2n) is 8.55. The van der Waals surface area contributed by atoms with Gasteiger partial charge in [0.15, 0.2) is 0 Å². The third-order valence-electron chi connectivity index (χ3n) is 6.39. The number of amides is 3. The molecule has 0 bridgehead atoms. The molecule has 3 aromatic carbocycles. The standard InChI is InChI=1S/C27H27Cl2N3O3/c1-3-22(26(34)30-2)32(16-17-12-13-20(28)21(29)15-17)24(33)11-6-14-31-23-10-5-8-18-7-4-9-19(25(18)23)27(31)35/h4-5,7-10,12-13,15,22H,3,6,11,14,16H2,1-2H3,(H,30,34)/t22-/m0/s1. The van der Waals surface area contributed by atoms with Crippen molar-refractivity contribution in [2.24, 2.45) is 0 Å². The van der Waals surface area contributed by atoms with Crippen molar-refractivity contribution >= 4 is 57.4 Å². The number of hydrogen-bond acceptors (Lipinski definition) is 3. The number of halogens is 2. The zero-order chi connectivity index (χ0) is 25.1. The minimum absolute atomic E-state index is 0.0475. The molecular formula is C27H27Cl2N3O3. The summed E-state index contributed by atoms with van der Waals surface area (Å²) in [6.07, 6.45) is 1.14. The van der Waals surface area contributed by atoms with Gasteiger partial charge >= 0.3 is 0 Å². The van der Waals surface area contributed by atoms with Crippen molar-refractivity contribution in [3.8, 4) is 0 Å². The molecule has 0 aromatic heterocycles. The Kier molecular flexibility index (Phi) is 7.63. The average Bonchev–Trinajstić information content (AvgIpc) is 3.13. The molecule has 8 heteroatoms. The number of likely N-dealkylation sites (N-methyl/N-ethyl adjacent to an activating group) is 1. The minimum atomic E-state index is -0.617. The number of rotatable bonds is 9. The van der Waals surface area contributed by atoms with E-state index in [1.165, 1.54) is 0 Å². The smallest absolute Gasteiger partial charge is 0.258 e. The fraction of sp³-hybridized carbons (Fsp3) is 0.296. The van der Waals surface area contributed by atoms with E-state index in [-0.39, 0.29) is 30.7 Å². The van der Waals surface area contributed by atoms with Crippen LogP contribution in [0.25, 0.3) is 10.8 Å². The predicted octanol–water partition coefficient (Wildman–Crippen LogP) is 5.44. The Morgan fingerprint density at radius 3 is 2.49 bits per heavy atom. The van der Waals surface area contributed by atoms with Crippen LogP contribution in [-0.4, -0.2) is 42.3 Å². The molecule has 0 spiro atoms. The number of nitrogens with zero attached hydrogens (tertiary/aromatic N) is 2. The van der Waals surface area contributed by atoms with Crippen molar-refractivity contribution in [3.63, 3.8) is 0 Å². The van der Waals surface area contributed by atoms with Crippen LogP contribution in [0.2, 0.25) is 10.0 Å². The van der Waals surface area contributed by atoms with Crippen molar-refractivity contribution in [2.45, 2.75) is 38.8 Å². The molecule has 3 amide bonds. The molecule has 0 radical (unpaired) electrons. The Balaban J connectivity index is 1.49. The molecule has 6 nitrogen and oxygen atoms in total. The van der Waals surface area contributed by atoms with E-state index >= 15 is 0 Å². The molecule has 0 saturated heterocycles. The second kappa shape index (κ2) is 10.7. The summed E-state index contributed by atoms with van der Waals surface area (Å²) in [6.45, 7) is 2.51. The number of hydrogen-bond donors (Lipinski definition) is 1. The molecule has 1 atom stereocenters.